The zero-order valence-electron chi connectivity index (χ0n) is 11.8. The van der Waals surface area contributed by atoms with Gasteiger partial charge in [0.05, 0.1) is 24.4 Å². The van der Waals surface area contributed by atoms with E-state index in [4.69, 9.17) is 0 Å². The number of esters is 1. The lowest BCUT2D eigenvalue weighted by Gasteiger charge is -2.06. The molecule has 0 aliphatic rings. The first-order valence-electron chi connectivity index (χ1n) is 6.60. The van der Waals surface area contributed by atoms with E-state index in [0.717, 1.165) is 10.9 Å². The standard InChI is InChI=1S/C16H13N3O3/c1-22-16(21)11-4-2-10(3-5-11)15(20)18-13-6-7-14-12(8-13)9-17-19-14/h2-9H,1H3,(H,17,19)(H,18,20). The van der Waals surface area contributed by atoms with E-state index in [1.807, 2.05) is 12.1 Å². The molecule has 6 heteroatoms. The minimum Gasteiger partial charge on any atom is -0.465 e. The van der Waals surface area contributed by atoms with E-state index in [1.165, 1.54) is 7.11 Å². The van der Waals surface area contributed by atoms with Gasteiger partial charge in [0.25, 0.3) is 5.91 Å². The molecule has 3 aromatic rings. The minimum absolute atomic E-state index is 0.251. The predicted octanol–water partition coefficient (Wildman–Crippen LogP) is 2.60. The van der Waals surface area contributed by atoms with Crippen LogP contribution in [0.15, 0.2) is 48.7 Å². The van der Waals surface area contributed by atoms with Gasteiger partial charge in [0.1, 0.15) is 0 Å². The van der Waals surface area contributed by atoms with Gasteiger partial charge >= 0.3 is 5.97 Å². The molecule has 1 aromatic heterocycles. The molecule has 3 rings (SSSR count). The van der Waals surface area contributed by atoms with Crippen molar-refractivity contribution in [1.82, 2.24) is 10.2 Å². The SMILES string of the molecule is COC(=O)c1ccc(C(=O)Nc2ccc3[nH]ncc3c2)cc1. The maximum absolute atomic E-state index is 12.2. The van der Waals surface area contributed by atoms with Crippen molar-refractivity contribution >= 4 is 28.5 Å². The van der Waals surface area contributed by atoms with Crippen LogP contribution >= 0.6 is 0 Å². The first-order valence-corrected chi connectivity index (χ1v) is 6.60. The van der Waals surface area contributed by atoms with Gasteiger partial charge in [0.2, 0.25) is 0 Å². The summed E-state index contributed by atoms with van der Waals surface area (Å²) in [5, 5.41) is 10.5. The highest BCUT2D eigenvalue weighted by Gasteiger charge is 2.09. The third kappa shape index (κ3) is 2.67. The maximum atomic E-state index is 12.2. The fourth-order valence-electron chi connectivity index (χ4n) is 2.10. The summed E-state index contributed by atoms with van der Waals surface area (Å²) < 4.78 is 4.62. The van der Waals surface area contributed by atoms with Crippen molar-refractivity contribution in [2.24, 2.45) is 0 Å². The number of amides is 1. The van der Waals surface area contributed by atoms with E-state index in [2.05, 4.69) is 20.3 Å². The molecule has 0 radical (unpaired) electrons. The number of carbonyl (C=O) groups is 2. The number of nitrogens with zero attached hydrogens (tertiary/aromatic N) is 1. The summed E-state index contributed by atoms with van der Waals surface area (Å²) in [7, 11) is 1.31. The van der Waals surface area contributed by atoms with Gasteiger partial charge in [-0.25, -0.2) is 4.79 Å². The number of fused-ring (bicyclic) bond motifs is 1. The Labute approximate surface area is 126 Å². The quantitative estimate of drug-likeness (QED) is 0.727. The molecule has 2 aromatic carbocycles. The van der Waals surface area contributed by atoms with Gasteiger partial charge in [0, 0.05) is 16.6 Å². The van der Waals surface area contributed by atoms with Gasteiger partial charge < -0.3 is 10.1 Å². The molecule has 1 amide bonds. The Bertz CT molecular complexity index is 837. The van der Waals surface area contributed by atoms with Crippen LogP contribution in [0.4, 0.5) is 5.69 Å². The van der Waals surface area contributed by atoms with Gasteiger partial charge in [0.15, 0.2) is 0 Å². The first-order chi connectivity index (χ1) is 10.7. The average Bonchev–Trinajstić information content (AvgIpc) is 3.02. The molecule has 6 nitrogen and oxygen atoms in total. The summed E-state index contributed by atoms with van der Waals surface area (Å²) in [6.45, 7) is 0. The Morgan fingerprint density at radius 2 is 1.82 bits per heavy atom. The lowest BCUT2D eigenvalue weighted by molar-refractivity contribution is 0.0600. The van der Waals surface area contributed by atoms with E-state index in [-0.39, 0.29) is 5.91 Å². The number of hydrogen-bond acceptors (Lipinski definition) is 4. The fourth-order valence-corrected chi connectivity index (χ4v) is 2.10. The summed E-state index contributed by atoms with van der Waals surface area (Å²) in [5.41, 5.74) is 2.44. The lowest BCUT2D eigenvalue weighted by atomic mass is 10.1. The molecule has 0 saturated carbocycles. The molecule has 1 heterocycles. The summed E-state index contributed by atoms with van der Waals surface area (Å²) in [4.78, 5) is 23.5. The summed E-state index contributed by atoms with van der Waals surface area (Å²) in [6, 6.07) is 11.7. The van der Waals surface area contributed by atoms with Gasteiger partial charge in [-0.2, -0.15) is 5.10 Å². The third-order valence-electron chi connectivity index (χ3n) is 3.27. The molecule has 0 saturated heterocycles. The molecule has 0 aliphatic heterocycles. The van der Waals surface area contributed by atoms with Crippen molar-refractivity contribution in [2.45, 2.75) is 0 Å². The number of nitrogens with one attached hydrogen (secondary N) is 2. The second kappa shape index (κ2) is 5.69. The van der Waals surface area contributed by atoms with Gasteiger partial charge in [-0.15, -0.1) is 0 Å². The number of aromatic amines is 1. The van der Waals surface area contributed by atoms with E-state index >= 15 is 0 Å². The number of H-pyrrole nitrogens is 1. The van der Waals surface area contributed by atoms with E-state index in [9.17, 15) is 9.59 Å². The molecule has 0 aliphatic carbocycles. The molecule has 0 bridgehead atoms. The number of ether oxygens (including phenoxy) is 1. The van der Waals surface area contributed by atoms with Crippen molar-refractivity contribution < 1.29 is 14.3 Å². The molecule has 110 valence electrons. The van der Waals surface area contributed by atoms with Crippen LogP contribution in [0.5, 0.6) is 0 Å². The summed E-state index contributed by atoms with van der Waals surface area (Å²) in [6.07, 6.45) is 1.69. The van der Waals surface area contributed by atoms with E-state index < -0.39 is 5.97 Å². The molecular formula is C16H13N3O3. The van der Waals surface area contributed by atoms with Crippen LogP contribution in [0.3, 0.4) is 0 Å². The first kappa shape index (κ1) is 13.8. The normalized spacial score (nSPS) is 10.4. The summed E-state index contributed by atoms with van der Waals surface area (Å²) in [5.74, 6) is -0.684. The number of carbonyl (C=O) groups excluding carboxylic acids is 2. The highest BCUT2D eigenvalue weighted by molar-refractivity contribution is 6.05. The Kier molecular flexibility index (Phi) is 3.57. The van der Waals surface area contributed by atoms with Crippen molar-refractivity contribution in [3.63, 3.8) is 0 Å². The number of rotatable bonds is 3. The van der Waals surface area contributed by atoms with Gasteiger partial charge in [-0.05, 0) is 42.5 Å². The Balaban J connectivity index is 1.77. The second-order valence-corrected chi connectivity index (χ2v) is 4.70. The van der Waals surface area contributed by atoms with E-state index in [0.29, 0.717) is 16.8 Å². The zero-order valence-corrected chi connectivity index (χ0v) is 11.8. The van der Waals surface area contributed by atoms with Crippen LogP contribution in [0, 0.1) is 0 Å². The third-order valence-corrected chi connectivity index (χ3v) is 3.27. The molecule has 0 spiro atoms. The van der Waals surface area contributed by atoms with Crippen LogP contribution in [0.1, 0.15) is 20.7 Å². The van der Waals surface area contributed by atoms with Crippen LogP contribution in [-0.4, -0.2) is 29.2 Å². The lowest BCUT2D eigenvalue weighted by Crippen LogP contribution is -2.12. The predicted molar refractivity (Wildman–Crippen MR) is 81.8 cm³/mol. The molecule has 0 atom stereocenters. The molecule has 0 unspecified atom stereocenters. The van der Waals surface area contributed by atoms with Crippen molar-refractivity contribution in [3.8, 4) is 0 Å². The Morgan fingerprint density at radius 3 is 2.55 bits per heavy atom. The average molecular weight is 295 g/mol. The highest BCUT2D eigenvalue weighted by Crippen LogP contribution is 2.17. The number of hydrogen-bond donors (Lipinski definition) is 2. The van der Waals surface area contributed by atoms with Crippen molar-refractivity contribution in [2.75, 3.05) is 12.4 Å². The smallest absolute Gasteiger partial charge is 0.337 e. The largest absolute Gasteiger partial charge is 0.465 e. The molecule has 0 fully saturated rings. The Morgan fingerprint density at radius 1 is 1.09 bits per heavy atom. The minimum atomic E-state index is -0.433. The molecule has 22 heavy (non-hydrogen) atoms. The summed E-state index contributed by atoms with van der Waals surface area (Å²) >= 11 is 0. The van der Waals surface area contributed by atoms with Gasteiger partial charge in [-0.3, -0.25) is 9.89 Å². The second-order valence-electron chi connectivity index (χ2n) is 4.70. The van der Waals surface area contributed by atoms with E-state index in [1.54, 1.807) is 36.5 Å². The highest BCUT2D eigenvalue weighted by atomic mass is 16.5. The van der Waals surface area contributed by atoms with Crippen LogP contribution in [-0.2, 0) is 4.74 Å². The zero-order chi connectivity index (χ0) is 15.5. The van der Waals surface area contributed by atoms with Crippen molar-refractivity contribution in [1.29, 1.82) is 0 Å². The fraction of sp³-hybridized carbons (Fsp3) is 0.0625. The van der Waals surface area contributed by atoms with Crippen LogP contribution in [0.25, 0.3) is 10.9 Å². The number of anilines is 1. The maximum Gasteiger partial charge on any atom is 0.337 e. The Hall–Kier alpha value is -3.15. The van der Waals surface area contributed by atoms with Crippen molar-refractivity contribution in [3.05, 3.63) is 59.8 Å². The van der Waals surface area contributed by atoms with Crippen LogP contribution in [0.2, 0.25) is 0 Å². The van der Waals surface area contributed by atoms with Crippen LogP contribution < -0.4 is 5.32 Å². The number of aromatic nitrogens is 2. The molecule has 2 N–H and O–H groups in total. The number of methoxy groups -OCH3 is 1. The topological polar surface area (TPSA) is 84.1 Å². The van der Waals surface area contributed by atoms with Gasteiger partial charge in [-0.1, -0.05) is 0 Å². The molecular weight excluding hydrogens is 282 g/mol. The monoisotopic (exact) mass is 295 g/mol. The number of benzene rings is 2.